The fraction of sp³-hybridized carbons (Fsp3) is 0.417. The topological polar surface area (TPSA) is 96.2 Å². The molecule has 3 aliphatic rings. The number of pyridine rings is 2. The third-order valence-electron chi connectivity index (χ3n) is 7.18. The number of aliphatic hydroxyl groups is 1. The molecule has 1 amide bonds. The van der Waals surface area contributed by atoms with Crippen molar-refractivity contribution < 1.29 is 23.1 Å². The number of nitrogens with zero attached hydrogens (tertiary/aromatic N) is 5. The first-order chi connectivity index (χ1) is 16.4. The van der Waals surface area contributed by atoms with Crippen LogP contribution in [-0.4, -0.2) is 48.9 Å². The van der Waals surface area contributed by atoms with Gasteiger partial charge < -0.3 is 15.3 Å². The Kier molecular flexibility index (Phi) is 5.17. The van der Waals surface area contributed by atoms with Gasteiger partial charge >= 0.3 is 6.18 Å². The second-order valence-corrected chi connectivity index (χ2v) is 9.88. The van der Waals surface area contributed by atoms with E-state index in [1.54, 1.807) is 50.1 Å². The van der Waals surface area contributed by atoms with Crippen LogP contribution in [0.15, 0.2) is 42.9 Å². The maximum atomic E-state index is 13.7. The zero-order valence-corrected chi connectivity index (χ0v) is 19.5. The molecule has 2 aliphatic heterocycles. The molecule has 184 valence electrons. The van der Waals surface area contributed by atoms with Crippen molar-refractivity contribution in [2.75, 3.05) is 16.8 Å². The van der Waals surface area contributed by atoms with Crippen LogP contribution >= 0.6 is 0 Å². The van der Waals surface area contributed by atoms with Crippen molar-refractivity contribution >= 4 is 17.4 Å². The average Bonchev–Trinajstić information content (AvgIpc) is 3.46. The molecule has 11 heteroatoms. The number of amides is 1. The number of anilines is 2. The lowest BCUT2D eigenvalue weighted by Crippen LogP contribution is -2.50. The lowest BCUT2D eigenvalue weighted by molar-refractivity contribution is -0.137. The number of aryl methyl sites for hydroxylation is 1. The first-order valence-electron chi connectivity index (χ1n) is 11.2. The Hall–Kier alpha value is -3.47. The minimum atomic E-state index is -4.71. The van der Waals surface area contributed by atoms with Crippen LogP contribution in [0.1, 0.15) is 42.7 Å². The van der Waals surface area contributed by atoms with Gasteiger partial charge in [-0.15, -0.1) is 0 Å². The highest BCUT2D eigenvalue weighted by atomic mass is 19.4. The Balaban J connectivity index is 1.44. The lowest BCUT2D eigenvalue weighted by Gasteiger charge is -2.45. The van der Waals surface area contributed by atoms with Crippen molar-refractivity contribution in [1.29, 1.82) is 0 Å². The van der Waals surface area contributed by atoms with Gasteiger partial charge in [0, 0.05) is 49.1 Å². The number of halogens is 3. The summed E-state index contributed by atoms with van der Waals surface area (Å²) in [6, 6.07) is 6.09. The molecule has 3 fully saturated rings. The van der Waals surface area contributed by atoms with Gasteiger partial charge in [-0.3, -0.25) is 9.48 Å². The van der Waals surface area contributed by atoms with Crippen molar-refractivity contribution in [2.45, 2.75) is 44.5 Å². The highest BCUT2D eigenvalue weighted by Crippen LogP contribution is 2.58. The van der Waals surface area contributed by atoms with Crippen molar-refractivity contribution in [3.63, 3.8) is 0 Å². The summed E-state index contributed by atoms with van der Waals surface area (Å²) in [4.78, 5) is 23.2. The van der Waals surface area contributed by atoms with E-state index in [4.69, 9.17) is 0 Å². The summed E-state index contributed by atoms with van der Waals surface area (Å²) >= 11 is 0. The van der Waals surface area contributed by atoms with Gasteiger partial charge in [-0.2, -0.15) is 18.3 Å². The van der Waals surface area contributed by atoms with Crippen molar-refractivity contribution in [3.05, 3.63) is 54.1 Å². The molecule has 2 saturated heterocycles. The first kappa shape index (κ1) is 23.3. The zero-order valence-electron chi connectivity index (χ0n) is 19.5. The van der Waals surface area contributed by atoms with Crippen LogP contribution in [0.3, 0.4) is 0 Å². The Morgan fingerprint density at radius 3 is 2.57 bits per heavy atom. The number of carbonyl (C=O) groups is 1. The highest BCUT2D eigenvalue weighted by Gasteiger charge is 2.62. The van der Waals surface area contributed by atoms with Crippen molar-refractivity contribution in [1.82, 2.24) is 19.7 Å². The number of rotatable bonds is 5. The zero-order chi connectivity index (χ0) is 25.2. The van der Waals surface area contributed by atoms with Crippen LogP contribution in [0.2, 0.25) is 0 Å². The number of hydrogen-bond donors (Lipinski definition) is 2. The smallest absolute Gasteiger partial charge is 0.390 e. The number of aromatic nitrogens is 4. The van der Waals surface area contributed by atoms with E-state index in [9.17, 15) is 23.1 Å². The van der Waals surface area contributed by atoms with Crippen LogP contribution in [0, 0.1) is 5.41 Å². The van der Waals surface area contributed by atoms with Gasteiger partial charge in [-0.1, -0.05) is 6.07 Å². The van der Waals surface area contributed by atoms with E-state index < -0.39 is 23.2 Å². The van der Waals surface area contributed by atoms with Gasteiger partial charge in [0.1, 0.15) is 11.5 Å². The number of fused-ring (bicyclic) bond motifs is 1. The predicted molar refractivity (Wildman–Crippen MR) is 123 cm³/mol. The van der Waals surface area contributed by atoms with Crippen LogP contribution in [0.4, 0.5) is 24.7 Å². The summed E-state index contributed by atoms with van der Waals surface area (Å²) in [5.74, 6) is -0.434. The largest absolute Gasteiger partial charge is 0.419 e. The van der Waals surface area contributed by atoms with Crippen molar-refractivity contribution in [3.8, 4) is 11.3 Å². The summed E-state index contributed by atoms with van der Waals surface area (Å²) in [5, 5.41) is 17.0. The van der Waals surface area contributed by atoms with Gasteiger partial charge in [-0.05, 0) is 38.8 Å². The molecular weight excluding hydrogens is 461 g/mol. The molecule has 0 radical (unpaired) electrons. The first-order valence-corrected chi connectivity index (χ1v) is 11.2. The van der Waals surface area contributed by atoms with Gasteiger partial charge in [0.15, 0.2) is 0 Å². The van der Waals surface area contributed by atoms with Gasteiger partial charge in [0.05, 0.1) is 28.7 Å². The Morgan fingerprint density at radius 1 is 1.23 bits per heavy atom. The molecule has 1 saturated carbocycles. The molecule has 5 heterocycles. The van der Waals surface area contributed by atoms with Crippen LogP contribution in [0.5, 0.6) is 0 Å². The van der Waals surface area contributed by atoms with E-state index in [1.165, 1.54) is 12.1 Å². The van der Waals surface area contributed by atoms with Gasteiger partial charge in [0.25, 0.3) is 5.91 Å². The minimum Gasteiger partial charge on any atom is -0.390 e. The van der Waals surface area contributed by atoms with E-state index in [2.05, 4.69) is 20.4 Å². The van der Waals surface area contributed by atoms with Crippen LogP contribution < -0.4 is 10.2 Å². The summed E-state index contributed by atoms with van der Waals surface area (Å²) in [5.41, 5.74) is -1.52. The molecule has 0 atom stereocenters. The van der Waals surface area contributed by atoms with Crippen molar-refractivity contribution in [2.24, 2.45) is 12.5 Å². The van der Waals surface area contributed by atoms with E-state index >= 15 is 0 Å². The maximum absolute atomic E-state index is 13.7. The molecule has 6 rings (SSSR count). The molecule has 2 N–H and O–H groups in total. The Bertz CT molecular complexity index is 1290. The van der Waals surface area contributed by atoms with Crippen LogP contribution in [-0.2, 0) is 13.2 Å². The third kappa shape index (κ3) is 4.03. The minimum absolute atomic E-state index is 0.0257. The summed E-state index contributed by atoms with van der Waals surface area (Å²) in [6.07, 6.45) is 0.834. The third-order valence-corrected chi connectivity index (χ3v) is 7.18. The van der Waals surface area contributed by atoms with E-state index in [0.717, 1.165) is 19.0 Å². The average molecular weight is 486 g/mol. The molecule has 3 aromatic rings. The second kappa shape index (κ2) is 7.77. The van der Waals surface area contributed by atoms with E-state index in [1.807, 2.05) is 4.90 Å². The van der Waals surface area contributed by atoms with E-state index in [0.29, 0.717) is 23.6 Å². The van der Waals surface area contributed by atoms with Gasteiger partial charge in [0.2, 0.25) is 0 Å². The second-order valence-electron chi connectivity index (χ2n) is 9.88. The molecular formula is C24H25F3N6O2. The summed E-state index contributed by atoms with van der Waals surface area (Å²) < 4.78 is 42.8. The predicted octanol–water partition coefficient (Wildman–Crippen LogP) is 3.89. The van der Waals surface area contributed by atoms with Crippen LogP contribution in [0.25, 0.3) is 11.3 Å². The fourth-order valence-corrected chi connectivity index (χ4v) is 5.00. The Labute approximate surface area is 199 Å². The standard InChI is InChI=1S/C24H25F3N6O2/c1-22(2,35)23-8-15(9-23)33(13-23)20-7-19(16(11-28-20)24(25,26)27)31-21(34)18-6-4-5-17(30-18)14-10-29-32(3)12-14/h4-7,10-12,15,35H,8-9,13H2,1-3H3,(H,28,31,34). The molecule has 2 bridgehead atoms. The molecule has 35 heavy (non-hydrogen) atoms. The number of hydrogen-bond acceptors (Lipinski definition) is 6. The molecule has 0 spiro atoms. The lowest BCUT2D eigenvalue weighted by atomic mass is 9.61. The normalized spacial score (nSPS) is 21.7. The number of nitrogens with one attached hydrogen (secondary N) is 1. The molecule has 0 aromatic carbocycles. The summed E-state index contributed by atoms with van der Waals surface area (Å²) in [7, 11) is 1.74. The Morgan fingerprint density at radius 2 is 1.97 bits per heavy atom. The molecule has 0 unspecified atom stereocenters. The molecule has 8 nitrogen and oxygen atoms in total. The quantitative estimate of drug-likeness (QED) is 0.568. The number of carbonyl (C=O) groups excluding carboxylic acids is 1. The van der Waals surface area contributed by atoms with E-state index in [-0.39, 0.29) is 22.8 Å². The fourth-order valence-electron chi connectivity index (χ4n) is 5.00. The summed E-state index contributed by atoms with van der Waals surface area (Å²) in [6.45, 7) is 4.00. The number of alkyl halides is 3. The molecule has 1 aliphatic carbocycles. The molecule has 3 aromatic heterocycles. The van der Waals surface area contributed by atoms with Gasteiger partial charge in [-0.25, -0.2) is 9.97 Å². The highest BCUT2D eigenvalue weighted by molar-refractivity contribution is 6.03. The maximum Gasteiger partial charge on any atom is 0.419 e. The SMILES string of the molecule is Cn1cc(-c2cccc(C(=O)Nc3cc(N4CC5(C(C)(C)O)CC4C5)ncc3C(F)(F)F)n2)cn1. The monoisotopic (exact) mass is 486 g/mol.